The maximum Gasteiger partial charge on any atom is 0.407 e. The van der Waals surface area contributed by atoms with Crippen LogP contribution in [0.1, 0.15) is 15.6 Å². The zero-order chi connectivity index (χ0) is 13.5. The SMILES string of the molecule is Cc1nnc(CCNC(=O)OCc2ccccc2)s1. The number of aryl methyl sites for hydroxylation is 1. The molecule has 1 N–H and O–H groups in total. The molecule has 6 heteroatoms. The van der Waals surface area contributed by atoms with Crippen molar-refractivity contribution in [3.8, 4) is 0 Å². The second kappa shape index (κ2) is 6.84. The molecule has 0 saturated heterocycles. The Labute approximate surface area is 115 Å². The molecule has 0 fully saturated rings. The molecule has 0 aliphatic rings. The zero-order valence-electron chi connectivity index (χ0n) is 10.6. The van der Waals surface area contributed by atoms with Gasteiger partial charge >= 0.3 is 6.09 Å². The summed E-state index contributed by atoms with van der Waals surface area (Å²) in [6.45, 7) is 2.69. The lowest BCUT2D eigenvalue weighted by atomic mass is 10.2. The lowest BCUT2D eigenvalue weighted by Crippen LogP contribution is -2.26. The summed E-state index contributed by atoms with van der Waals surface area (Å²) in [5.41, 5.74) is 0.970. The lowest BCUT2D eigenvalue weighted by Gasteiger charge is -2.05. The number of hydrogen-bond acceptors (Lipinski definition) is 5. The van der Waals surface area contributed by atoms with Crippen LogP contribution >= 0.6 is 11.3 Å². The molecule has 0 bridgehead atoms. The first-order valence-corrected chi connectivity index (χ1v) is 6.79. The number of hydrogen-bond donors (Lipinski definition) is 1. The van der Waals surface area contributed by atoms with Crippen LogP contribution in [0, 0.1) is 6.92 Å². The summed E-state index contributed by atoms with van der Waals surface area (Å²) in [4.78, 5) is 11.4. The van der Waals surface area contributed by atoms with Gasteiger partial charge in [0.15, 0.2) is 0 Å². The van der Waals surface area contributed by atoms with Gasteiger partial charge in [-0.3, -0.25) is 0 Å². The van der Waals surface area contributed by atoms with Crippen molar-refractivity contribution in [2.45, 2.75) is 20.0 Å². The van der Waals surface area contributed by atoms with E-state index in [9.17, 15) is 4.79 Å². The highest BCUT2D eigenvalue weighted by atomic mass is 32.1. The molecule has 0 radical (unpaired) electrons. The molecule has 1 heterocycles. The second-order valence-corrected chi connectivity index (χ2v) is 5.22. The highest BCUT2D eigenvalue weighted by molar-refractivity contribution is 7.11. The van der Waals surface area contributed by atoms with Gasteiger partial charge < -0.3 is 10.1 Å². The first-order chi connectivity index (χ1) is 9.24. The number of ether oxygens (including phenoxy) is 1. The predicted molar refractivity (Wildman–Crippen MR) is 73.0 cm³/mol. The highest BCUT2D eigenvalue weighted by Crippen LogP contribution is 2.07. The van der Waals surface area contributed by atoms with Crippen LogP contribution < -0.4 is 5.32 Å². The van der Waals surface area contributed by atoms with Crippen LogP contribution in [0.5, 0.6) is 0 Å². The van der Waals surface area contributed by atoms with Crippen LogP contribution in [-0.4, -0.2) is 22.8 Å². The Hall–Kier alpha value is -1.95. The molecule has 0 spiro atoms. The fraction of sp³-hybridized carbons (Fsp3) is 0.308. The minimum Gasteiger partial charge on any atom is -0.445 e. The summed E-state index contributed by atoms with van der Waals surface area (Å²) in [7, 11) is 0. The molecule has 0 aliphatic heterocycles. The van der Waals surface area contributed by atoms with Gasteiger partial charge in [0.05, 0.1) is 0 Å². The van der Waals surface area contributed by atoms with Gasteiger partial charge in [-0.2, -0.15) is 0 Å². The smallest absolute Gasteiger partial charge is 0.407 e. The minimum absolute atomic E-state index is 0.282. The largest absolute Gasteiger partial charge is 0.445 e. The highest BCUT2D eigenvalue weighted by Gasteiger charge is 2.04. The van der Waals surface area contributed by atoms with Crippen molar-refractivity contribution in [1.29, 1.82) is 0 Å². The molecule has 0 atom stereocenters. The monoisotopic (exact) mass is 277 g/mol. The van der Waals surface area contributed by atoms with Crippen LogP contribution in [0.2, 0.25) is 0 Å². The van der Waals surface area contributed by atoms with E-state index in [0.29, 0.717) is 13.0 Å². The van der Waals surface area contributed by atoms with Gasteiger partial charge in [0.2, 0.25) is 0 Å². The van der Waals surface area contributed by atoms with E-state index in [1.54, 1.807) is 0 Å². The third-order valence-electron chi connectivity index (χ3n) is 2.39. The summed E-state index contributed by atoms with van der Waals surface area (Å²) in [6, 6.07) is 9.57. The average Bonchev–Trinajstić information content (AvgIpc) is 2.83. The van der Waals surface area contributed by atoms with Gasteiger partial charge in [-0.1, -0.05) is 30.3 Å². The quantitative estimate of drug-likeness (QED) is 0.911. The fourth-order valence-electron chi connectivity index (χ4n) is 1.48. The van der Waals surface area contributed by atoms with Crippen molar-refractivity contribution in [3.63, 3.8) is 0 Å². The third-order valence-corrected chi connectivity index (χ3v) is 3.29. The Kier molecular flexibility index (Phi) is 4.85. The molecule has 2 aromatic rings. The summed E-state index contributed by atoms with van der Waals surface area (Å²) in [5, 5.41) is 12.4. The molecule has 5 nitrogen and oxygen atoms in total. The van der Waals surface area contributed by atoms with E-state index in [4.69, 9.17) is 4.74 Å². The van der Waals surface area contributed by atoms with E-state index < -0.39 is 6.09 Å². The lowest BCUT2D eigenvalue weighted by molar-refractivity contribution is 0.140. The summed E-state index contributed by atoms with van der Waals surface area (Å²) < 4.78 is 5.09. The number of amides is 1. The molecule has 1 aromatic heterocycles. The van der Waals surface area contributed by atoms with Crippen LogP contribution in [0.15, 0.2) is 30.3 Å². The van der Waals surface area contributed by atoms with Crippen molar-refractivity contribution in [2.75, 3.05) is 6.54 Å². The molecule has 1 aromatic carbocycles. The maximum absolute atomic E-state index is 11.4. The van der Waals surface area contributed by atoms with E-state index in [1.165, 1.54) is 11.3 Å². The van der Waals surface area contributed by atoms with Crippen molar-refractivity contribution in [2.24, 2.45) is 0 Å². The number of carbonyl (C=O) groups excluding carboxylic acids is 1. The van der Waals surface area contributed by atoms with Gasteiger partial charge in [0.25, 0.3) is 0 Å². The topological polar surface area (TPSA) is 64.1 Å². The predicted octanol–water partition coefficient (Wildman–Crippen LogP) is 2.32. The molecule has 0 unspecified atom stereocenters. The number of alkyl carbamates (subject to hydrolysis) is 1. The minimum atomic E-state index is -0.412. The van der Waals surface area contributed by atoms with E-state index in [2.05, 4.69) is 15.5 Å². The molecule has 0 aliphatic carbocycles. The molecule has 1 amide bonds. The standard InChI is InChI=1S/C13H15N3O2S/c1-10-15-16-12(19-10)7-8-14-13(17)18-9-11-5-3-2-4-6-11/h2-6H,7-9H2,1H3,(H,14,17). The van der Waals surface area contributed by atoms with E-state index in [0.717, 1.165) is 15.6 Å². The Bertz CT molecular complexity index is 528. The normalized spacial score (nSPS) is 10.2. The number of rotatable bonds is 5. The van der Waals surface area contributed by atoms with Gasteiger partial charge in [0, 0.05) is 13.0 Å². The van der Waals surface area contributed by atoms with E-state index >= 15 is 0 Å². The van der Waals surface area contributed by atoms with Gasteiger partial charge in [-0.25, -0.2) is 4.79 Å². The second-order valence-electron chi connectivity index (χ2n) is 3.95. The number of nitrogens with one attached hydrogen (secondary N) is 1. The van der Waals surface area contributed by atoms with Gasteiger partial charge in [-0.15, -0.1) is 21.5 Å². The number of benzene rings is 1. The third kappa shape index (κ3) is 4.67. The Morgan fingerprint density at radius 1 is 1.32 bits per heavy atom. The van der Waals surface area contributed by atoms with Crippen LogP contribution in [-0.2, 0) is 17.8 Å². The molecule has 2 rings (SSSR count). The summed E-state index contributed by atoms with van der Waals surface area (Å²) in [6.07, 6.45) is 0.261. The molecule has 19 heavy (non-hydrogen) atoms. The van der Waals surface area contributed by atoms with Gasteiger partial charge in [-0.05, 0) is 12.5 Å². The maximum atomic E-state index is 11.4. The first kappa shape index (κ1) is 13.5. The number of nitrogens with zero attached hydrogens (tertiary/aromatic N) is 2. The molecular weight excluding hydrogens is 262 g/mol. The van der Waals surface area contributed by atoms with Crippen molar-refractivity contribution in [3.05, 3.63) is 45.9 Å². The number of aromatic nitrogens is 2. The molecular formula is C13H15N3O2S. The Balaban J connectivity index is 1.65. The Morgan fingerprint density at radius 2 is 2.11 bits per heavy atom. The average molecular weight is 277 g/mol. The van der Waals surface area contributed by atoms with E-state index in [1.807, 2.05) is 37.3 Å². The van der Waals surface area contributed by atoms with Crippen LogP contribution in [0.4, 0.5) is 4.79 Å². The Morgan fingerprint density at radius 3 is 2.79 bits per heavy atom. The van der Waals surface area contributed by atoms with Crippen molar-refractivity contribution < 1.29 is 9.53 Å². The summed E-state index contributed by atoms with van der Waals surface area (Å²) >= 11 is 1.54. The van der Waals surface area contributed by atoms with Gasteiger partial charge in [0.1, 0.15) is 16.6 Å². The zero-order valence-corrected chi connectivity index (χ0v) is 11.4. The van der Waals surface area contributed by atoms with Crippen molar-refractivity contribution in [1.82, 2.24) is 15.5 Å². The number of carbonyl (C=O) groups is 1. The first-order valence-electron chi connectivity index (χ1n) is 5.97. The summed E-state index contributed by atoms with van der Waals surface area (Å²) in [5.74, 6) is 0. The molecule has 100 valence electrons. The van der Waals surface area contributed by atoms with Crippen molar-refractivity contribution >= 4 is 17.4 Å². The van der Waals surface area contributed by atoms with E-state index in [-0.39, 0.29) is 6.61 Å². The van der Waals surface area contributed by atoms with Crippen LogP contribution in [0.25, 0.3) is 0 Å². The molecule has 0 saturated carbocycles. The van der Waals surface area contributed by atoms with Crippen LogP contribution in [0.3, 0.4) is 0 Å². The fourth-order valence-corrected chi connectivity index (χ4v) is 2.19.